The number of anilines is 1. The minimum Gasteiger partial charge on any atom is -0.396 e. The lowest BCUT2D eigenvalue weighted by Gasteiger charge is -1.95. The number of aromatic nitrogens is 1. The van der Waals surface area contributed by atoms with Crippen LogP contribution in [0.4, 0.5) is 10.1 Å². The lowest BCUT2D eigenvalue weighted by atomic mass is 10.3. The van der Waals surface area contributed by atoms with Gasteiger partial charge in [0.1, 0.15) is 5.69 Å². The molecular weight excluding hydrogens is 169 g/mol. The standard InChI is InChI=1S/C9H10FN3/c10-9-5-4-7(12)8(13-9)3-1-2-6-11/h4-5H,2,6,11-12H2. The molecule has 0 atom stereocenters. The van der Waals surface area contributed by atoms with Crippen LogP contribution < -0.4 is 11.5 Å². The van der Waals surface area contributed by atoms with E-state index in [1.165, 1.54) is 12.1 Å². The molecule has 0 radical (unpaired) electrons. The van der Waals surface area contributed by atoms with Gasteiger partial charge in [-0.1, -0.05) is 5.92 Å². The maximum Gasteiger partial charge on any atom is 0.214 e. The van der Waals surface area contributed by atoms with Crippen LogP contribution in [-0.2, 0) is 0 Å². The Morgan fingerprint density at radius 3 is 2.92 bits per heavy atom. The quantitative estimate of drug-likeness (QED) is 0.487. The molecule has 68 valence electrons. The number of hydrogen-bond donors (Lipinski definition) is 2. The predicted octanol–water partition coefficient (Wildman–Crippen LogP) is 0.503. The van der Waals surface area contributed by atoms with Crippen LogP contribution in [0.1, 0.15) is 12.1 Å². The Balaban J connectivity index is 2.89. The molecule has 4 heteroatoms. The zero-order valence-electron chi connectivity index (χ0n) is 7.05. The Labute approximate surface area is 76.0 Å². The van der Waals surface area contributed by atoms with Gasteiger partial charge in [0.25, 0.3) is 0 Å². The monoisotopic (exact) mass is 179 g/mol. The van der Waals surface area contributed by atoms with E-state index in [0.717, 1.165) is 0 Å². The Hall–Kier alpha value is -1.60. The van der Waals surface area contributed by atoms with Crippen LogP contribution in [0.5, 0.6) is 0 Å². The summed E-state index contributed by atoms with van der Waals surface area (Å²) < 4.78 is 12.6. The van der Waals surface area contributed by atoms with E-state index in [-0.39, 0.29) is 5.69 Å². The summed E-state index contributed by atoms with van der Waals surface area (Å²) in [5, 5.41) is 0. The third-order valence-corrected chi connectivity index (χ3v) is 1.37. The largest absolute Gasteiger partial charge is 0.396 e. The normalized spacial score (nSPS) is 9.08. The van der Waals surface area contributed by atoms with Crippen LogP contribution in [0.3, 0.4) is 0 Å². The van der Waals surface area contributed by atoms with Gasteiger partial charge < -0.3 is 11.5 Å². The number of nitrogens with two attached hydrogens (primary N) is 2. The van der Waals surface area contributed by atoms with Crippen LogP contribution in [0.15, 0.2) is 12.1 Å². The van der Waals surface area contributed by atoms with Gasteiger partial charge in [0.2, 0.25) is 5.95 Å². The molecule has 1 heterocycles. The molecule has 0 unspecified atom stereocenters. The maximum atomic E-state index is 12.6. The Bertz CT molecular complexity index is 352. The van der Waals surface area contributed by atoms with Gasteiger partial charge in [-0.15, -0.1) is 0 Å². The van der Waals surface area contributed by atoms with Gasteiger partial charge in [0.05, 0.1) is 5.69 Å². The molecule has 4 N–H and O–H groups in total. The van der Waals surface area contributed by atoms with Crippen molar-refractivity contribution in [1.29, 1.82) is 0 Å². The average molecular weight is 179 g/mol. The summed E-state index contributed by atoms with van der Waals surface area (Å²) in [6, 6.07) is 2.64. The van der Waals surface area contributed by atoms with Crippen molar-refractivity contribution in [3.8, 4) is 11.8 Å². The average Bonchev–Trinajstić information content (AvgIpc) is 2.11. The van der Waals surface area contributed by atoms with E-state index >= 15 is 0 Å². The number of halogens is 1. The van der Waals surface area contributed by atoms with E-state index in [0.29, 0.717) is 18.7 Å². The van der Waals surface area contributed by atoms with Gasteiger partial charge in [-0.3, -0.25) is 0 Å². The first-order chi connectivity index (χ1) is 6.24. The fraction of sp³-hybridized carbons (Fsp3) is 0.222. The summed E-state index contributed by atoms with van der Waals surface area (Å²) in [5.74, 6) is 4.81. The highest BCUT2D eigenvalue weighted by Gasteiger charge is 1.98. The van der Waals surface area contributed by atoms with Crippen molar-refractivity contribution in [2.75, 3.05) is 12.3 Å². The van der Waals surface area contributed by atoms with Crippen molar-refractivity contribution >= 4 is 5.69 Å². The van der Waals surface area contributed by atoms with Crippen LogP contribution in [0.25, 0.3) is 0 Å². The lowest BCUT2D eigenvalue weighted by molar-refractivity contribution is 0.583. The molecule has 0 aliphatic carbocycles. The molecule has 0 spiro atoms. The molecule has 0 saturated carbocycles. The van der Waals surface area contributed by atoms with Crippen molar-refractivity contribution in [3.63, 3.8) is 0 Å². The highest BCUT2D eigenvalue weighted by atomic mass is 19.1. The van der Waals surface area contributed by atoms with Gasteiger partial charge >= 0.3 is 0 Å². The van der Waals surface area contributed by atoms with Crippen molar-refractivity contribution in [2.45, 2.75) is 6.42 Å². The van der Waals surface area contributed by atoms with Crippen molar-refractivity contribution in [3.05, 3.63) is 23.8 Å². The van der Waals surface area contributed by atoms with E-state index < -0.39 is 5.95 Å². The molecule has 0 bridgehead atoms. The second kappa shape index (κ2) is 4.43. The van der Waals surface area contributed by atoms with Crippen LogP contribution in [-0.4, -0.2) is 11.5 Å². The molecule has 0 fully saturated rings. The summed E-state index contributed by atoms with van der Waals surface area (Å²) in [5.41, 5.74) is 11.4. The van der Waals surface area contributed by atoms with E-state index in [2.05, 4.69) is 16.8 Å². The number of rotatable bonds is 1. The Morgan fingerprint density at radius 1 is 1.46 bits per heavy atom. The minimum atomic E-state index is -0.578. The molecule has 0 aromatic carbocycles. The Morgan fingerprint density at radius 2 is 2.23 bits per heavy atom. The van der Waals surface area contributed by atoms with Crippen molar-refractivity contribution in [1.82, 2.24) is 4.98 Å². The highest BCUT2D eigenvalue weighted by Crippen LogP contribution is 2.07. The van der Waals surface area contributed by atoms with Gasteiger partial charge in [0, 0.05) is 13.0 Å². The fourth-order valence-electron chi connectivity index (χ4n) is 0.765. The third kappa shape index (κ3) is 2.73. The molecule has 0 saturated heterocycles. The van der Waals surface area contributed by atoms with Gasteiger partial charge in [-0.05, 0) is 18.1 Å². The second-order valence-corrected chi connectivity index (χ2v) is 2.41. The van der Waals surface area contributed by atoms with Gasteiger partial charge in [-0.2, -0.15) is 4.39 Å². The molecule has 3 nitrogen and oxygen atoms in total. The molecule has 0 aliphatic heterocycles. The van der Waals surface area contributed by atoms with Crippen LogP contribution in [0.2, 0.25) is 0 Å². The molecule has 1 aromatic heterocycles. The minimum absolute atomic E-state index is 0.272. The maximum absolute atomic E-state index is 12.6. The summed E-state index contributed by atoms with van der Waals surface area (Å²) in [6.45, 7) is 0.474. The van der Waals surface area contributed by atoms with E-state index in [4.69, 9.17) is 11.5 Å². The fourth-order valence-corrected chi connectivity index (χ4v) is 0.765. The Kier molecular flexibility index (Phi) is 3.23. The molecule has 0 amide bonds. The van der Waals surface area contributed by atoms with E-state index in [9.17, 15) is 4.39 Å². The van der Waals surface area contributed by atoms with Crippen molar-refractivity contribution in [2.24, 2.45) is 5.73 Å². The first kappa shape index (κ1) is 9.49. The van der Waals surface area contributed by atoms with Crippen LogP contribution in [0, 0.1) is 17.8 Å². The second-order valence-electron chi connectivity index (χ2n) is 2.41. The zero-order chi connectivity index (χ0) is 9.68. The smallest absolute Gasteiger partial charge is 0.214 e. The van der Waals surface area contributed by atoms with Crippen molar-refractivity contribution < 1.29 is 4.39 Å². The van der Waals surface area contributed by atoms with E-state index in [1.54, 1.807) is 0 Å². The van der Waals surface area contributed by atoms with E-state index in [1.807, 2.05) is 0 Å². The number of pyridine rings is 1. The summed E-state index contributed by atoms with van der Waals surface area (Å²) in [7, 11) is 0. The highest BCUT2D eigenvalue weighted by molar-refractivity contribution is 5.51. The zero-order valence-corrected chi connectivity index (χ0v) is 7.05. The molecule has 0 aliphatic rings. The van der Waals surface area contributed by atoms with Gasteiger partial charge in [0.15, 0.2) is 0 Å². The molecule has 13 heavy (non-hydrogen) atoms. The topological polar surface area (TPSA) is 64.9 Å². The lowest BCUT2D eigenvalue weighted by Crippen LogP contribution is -1.97. The molecule has 1 aromatic rings. The summed E-state index contributed by atoms with van der Waals surface area (Å²) in [6.07, 6.45) is 0.553. The van der Waals surface area contributed by atoms with Gasteiger partial charge in [-0.25, -0.2) is 4.98 Å². The van der Waals surface area contributed by atoms with Crippen LogP contribution >= 0.6 is 0 Å². The molecule has 1 rings (SSSR count). The summed E-state index contributed by atoms with van der Waals surface area (Å²) >= 11 is 0. The SMILES string of the molecule is NCCC#Cc1nc(F)ccc1N. The number of nitrogens with zero attached hydrogens (tertiary/aromatic N) is 1. The first-order valence-electron chi connectivity index (χ1n) is 3.85. The number of hydrogen-bond acceptors (Lipinski definition) is 3. The number of nitrogen functional groups attached to an aromatic ring is 1. The third-order valence-electron chi connectivity index (χ3n) is 1.37. The predicted molar refractivity (Wildman–Crippen MR) is 49.2 cm³/mol. The summed E-state index contributed by atoms with van der Waals surface area (Å²) in [4.78, 5) is 3.54. The molecular formula is C9H10FN3. The first-order valence-corrected chi connectivity index (χ1v) is 3.85.